The van der Waals surface area contributed by atoms with Gasteiger partial charge in [0.05, 0.1) is 12.5 Å². The maximum atomic E-state index is 13.9. The van der Waals surface area contributed by atoms with E-state index in [2.05, 4.69) is 31.9 Å². The summed E-state index contributed by atoms with van der Waals surface area (Å²) in [4.78, 5) is 116. The lowest BCUT2D eigenvalue weighted by Gasteiger charge is -2.31. The molecule has 0 aliphatic rings. The van der Waals surface area contributed by atoms with Gasteiger partial charge in [0, 0.05) is 6.42 Å². The largest absolute Gasteiger partial charge is 0.480 e. The zero-order valence-electron chi connectivity index (χ0n) is 35.4. The molecule has 0 saturated heterocycles. The quantitative estimate of drug-likeness (QED) is 0.0379. The van der Waals surface area contributed by atoms with E-state index < -0.39 is 120 Å². The molecule has 58 heavy (non-hydrogen) atoms. The number of hydrogen-bond donors (Lipinski definition) is 11. The zero-order valence-corrected chi connectivity index (χ0v) is 35.4. The first-order valence-electron chi connectivity index (χ1n) is 20.1. The van der Waals surface area contributed by atoms with Crippen molar-refractivity contribution in [3.05, 3.63) is 0 Å². The van der Waals surface area contributed by atoms with Crippen molar-refractivity contribution in [2.24, 2.45) is 46.6 Å². The number of carboxylic acid groups (broad SMARTS) is 1. The van der Waals surface area contributed by atoms with Gasteiger partial charge in [0.1, 0.15) is 36.3 Å². The smallest absolute Gasteiger partial charge is 0.326 e. The van der Waals surface area contributed by atoms with Crippen LogP contribution in [-0.4, -0.2) is 107 Å². The molecule has 0 saturated carbocycles. The van der Waals surface area contributed by atoms with E-state index in [0.717, 1.165) is 0 Å². The molecule has 0 aromatic heterocycles. The minimum Gasteiger partial charge on any atom is -0.480 e. The van der Waals surface area contributed by atoms with Crippen LogP contribution in [0, 0.1) is 23.7 Å². The van der Waals surface area contributed by atoms with Crippen LogP contribution >= 0.6 is 0 Å². The molecule has 332 valence electrons. The van der Waals surface area contributed by atoms with Crippen molar-refractivity contribution in [2.75, 3.05) is 6.54 Å². The summed E-state index contributed by atoms with van der Waals surface area (Å²) in [6, 6.07) is -8.78. The molecule has 0 fully saturated rings. The molecule has 20 heteroatoms. The molecule has 0 aliphatic carbocycles. The zero-order chi connectivity index (χ0) is 44.9. The molecule has 8 amide bonds. The number of nitrogens with one attached hydrogen (secondary N) is 6. The van der Waals surface area contributed by atoms with Gasteiger partial charge in [0.15, 0.2) is 0 Å². The first-order chi connectivity index (χ1) is 27.0. The Morgan fingerprint density at radius 3 is 1.43 bits per heavy atom. The number of rotatable bonds is 29. The van der Waals surface area contributed by atoms with Gasteiger partial charge >= 0.3 is 5.97 Å². The molecule has 0 aromatic rings. The van der Waals surface area contributed by atoms with Crippen molar-refractivity contribution >= 4 is 53.2 Å². The Kier molecular flexibility index (Phi) is 24.7. The lowest BCUT2D eigenvalue weighted by atomic mass is 9.94. The maximum absolute atomic E-state index is 13.9. The SMILES string of the molecule is CC[C@H](C)[C@@H](NC(=O)[C@H](N)CC(N)=O)C(=O)N[C@@H](C(=O)N[C@H](CCC(N)=O)C(=O)N[C@H](CC(C)C)C(=O)N[C@H](CCCCN)C(=O)N[C@@H](C(=O)O)C(C)C)[C@@H](C)CC. The molecule has 9 atom stereocenters. The predicted octanol–water partition coefficient (Wildman–Crippen LogP) is -1.63. The molecule has 0 aromatic carbocycles. The fourth-order valence-electron chi connectivity index (χ4n) is 5.81. The van der Waals surface area contributed by atoms with E-state index in [9.17, 15) is 48.3 Å². The van der Waals surface area contributed by atoms with Crippen molar-refractivity contribution in [2.45, 2.75) is 155 Å². The number of aliphatic carboxylic acids is 1. The van der Waals surface area contributed by atoms with Gasteiger partial charge in [-0.1, -0.05) is 68.2 Å². The van der Waals surface area contributed by atoms with Gasteiger partial charge in [-0.25, -0.2) is 4.79 Å². The van der Waals surface area contributed by atoms with Crippen LogP contribution in [0.1, 0.15) is 113 Å². The van der Waals surface area contributed by atoms with Crippen LogP contribution in [0.3, 0.4) is 0 Å². The normalized spacial score (nSPS) is 15.9. The predicted molar refractivity (Wildman–Crippen MR) is 216 cm³/mol. The highest BCUT2D eigenvalue weighted by Crippen LogP contribution is 2.15. The molecule has 0 unspecified atom stereocenters. The number of unbranched alkanes of at least 4 members (excludes halogenated alkanes) is 1. The second-order valence-corrected chi connectivity index (χ2v) is 15.7. The summed E-state index contributed by atoms with van der Waals surface area (Å²) in [6.07, 6.45) is 0.929. The average molecular weight is 827 g/mol. The van der Waals surface area contributed by atoms with Crippen LogP contribution in [0.2, 0.25) is 0 Å². The summed E-state index contributed by atoms with van der Waals surface area (Å²) in [5, 5.41) is 25.2. The molecule has 0 rings (SSSR count). The Morgan fingerprint density at radius 1 is 0.552 bits per heavy atom. The van der Waals surface area contributed by atoms with E-state index in [-0.39, 0.29) is 31.6 Å². The van der Waals surface area contributed by atoms with E-state index in [1.165, 1.54) is 0 Å². The summed E-state index contributed by atoms with van der Waals surface area (Å²) in [5.41, 5.74) is 22.0. The van der Waals surface area contributed by atoms with Crippen LogP contribution in [0.25, 0.3) is 0 Å². The first-order valence-corrected chi connectivity index (χ1v) is 20.1. The molecule has 0 radical (unpaired) electrons. The third-order valence-electron chi connectivity index (χ3n) is 9.81. The summed E-state index contributed by atoms with van der Waals surface area (Å²) >= 11 is 0. The highest BCUT2D eigenvalue weighted by Gasteiger charge is 2.36. The van der Waals surface area contributed by atoms with Gasteiger partial charge < -0.3 is 59.9 Å². The fourth-order valence-corrected chi connectivity index (χ4v) is 5.81. The Bertz CT molecular complexity index is 1410. The van der Waals surface area contributed by atoms with Crippen molar-refractivity contribution in [1.29, 1.82) is 0 Å². The molecular weight excluding hydrogens is 756 g/mol. The van der Waals surface area contributed by atoms with Crippen molar-refractivity contribution < 1.29 is 48.3 Å². The lowest BCUT2D eigenvalue weighted by molar-refractivity contribution is -0.143. The minimum atomic E-state index is -1.42. The van der Waals surface area contributed by atoms with Crippen LogP contribution < -0.4 is 54.8 Å². The third kappa shape index (κ3) is 19.5. The number of primary amides is 2. The van der Waals surface area contributed by atoms with Crippen molar-refractivity contribution in [3.8, 4) is 0 Å². The highest BCUT2D eigenvalue weighted by molar-refractivity contribution is 5.97. The topological polar surface area (TPSA) is 350 Å². The Labute approximate surface area is 341 Å². The number of hydrogen-bond acceptors (Lipinski definition) is 11. The number of carbonyl (C=O) groups is 9. The monoisotopic (exact) mass is 827 g/mol. The van der Waals surface area contributed by atoms with Crippen LogP contribution in [0.15, 0.2) is 0 Å². The van der Waals surface area contributed by atoms with E-state index in [4.69, 9.17) is 22.9 Å². The summed E-state index contributed by atoms with van der Waals surface area (Å²) in [6.45, 7) is 14.1. The molecule has 15 N–H and O–H groups in total. The second-order valence-electron chi connectivity index (χ2n) is 15.7. The van der Waals surface area contributed by atoms with Gasteiger partial charge in [-0.3, -0.25) is 38.4 Å². The molecule has 0 heterocycles. The number of carbonyl (C=O) groups excluding carboxylic acids is 8. The standard InChI is InChI=1S/C38H70N10O10/c1-9-21(7)30(48-37(56)31(22(8)10-2)47-32(51)23(40)18-28(42)50)36(55)44-25(14-15-27(41)49)33(52)45-26(17-19(3)4)35(54)43-24(13-11-12-16-39)34(53)46-29(20(5)6)38(57)58/h19-26,29-31H,9-18,39-40H2,1-8H3,(H2,41,49)(H2,42,50)(H,43,54)(H,44,55)(H,45,52)(H,46,53)(H,47,51)(H,48,56)(H,57,58)/t21-,22-,23+,24+,25+,26+,29+,30+,31+/m0/s1. The highest BCUT2D eigenvalue weighted by atomic mass is 16.4. The van der Waals surface area contributed by atoms with E-state index in [1.54, 1.807) is 55.4 Å². The molecule has 0 spiro atoms. The summed E-state index contributed by atoms with van der Waals surface area (Å²) in [5.74, 6) is -9.05. The van der Waals surface area contributed by atoms with E-state index in [0.29, 0.717) is 32.2 Å². The second kappa shape index (κ2) is 27.0. The van der Waals surface area contributed by atoms with E-state index in [1.807, 2.05) is 0 Å². The van der Waals surface area contributed by atoms with Gasteiger partial charge in [0.2, 0.25) is 47.3 Å². The Balaban J connectivity index is 6.50. The van der Waals surface area contributed by atoms with Gasteiger partial charge in [-0.2, -0.15) is 0 Å². The fraction of sp³-hybridized carbons (Fsp3) is 0.763. The van der Waals surface area contributed by atoms with Crippen LogP contribution in [0.5, 0.6) is 0 Å². The minimum absolute atomic E-state index is 0.0896. The average Bonchev–Trinajstić information content (AvgIpc) is 3.13. The van der Waals surface area contributed by atoms with Crippen molar-refractivity contribution in [3.63, 3.8) is 0 Å². The third-order valence-corrected chi connectivity index (χ3v) is 9.81. The Hall–Kier alpha value is -4.85. The van der Waals surface area contributed by atoms with Crippen LogP contribution in [0.4, 0.5) is 0 Å². The van der Waals surface area contributed by atoms with Crippen LogP contribution in [-0.2, 0) is 43.2 Å². The first kappa shape index (κ1) is 53.1. The van der Waals surface area contributed by atoms with Gasteiger partial charge in [-0.15, -0.1) is 0 Å². The number of carboxylic acids is 1. The lowest BCUT2D eigenvalue weighted by Crippen LogP contribution is -2.61. The number of amides is 8. The van der Waals surface area contributed by atoms with E-state index >= 15 is 0 Å². The number of nitrogens with two attached hydrogens (primary N) is 4. The van der Waals surface area contributed by atoms with Crippen molar-refractivity contribution in [1.82, 2.24) is 31.9 Å². The van der Waals surface area contributed by atoms with Gasteiger partial charge in [0.25, 0.3) is 0 Å². The molecular formula is C38H70N10O10. The summed E-state index contributed by atoms with van der Waals surface area (Å²) < 4.78 is 0. The summed E-state index contributed by atoms with van der Waals surface area (Å²) in [7, 11) is 0. The van der Waals surface area contributed by atoms with Gasteiger partial charge in [-0.05, 0) is 62.3 Å². The molecule has 0 aliphatic heterocycles. The molecule has 0 bridgehead atoms. The Morgan fingerprint density at radius 2 is 0.983 bits per heavy atom. The molecule has 20 nitrogen and oxygen atoms in total. The maximum Gasteiger partial charge on any atom is 0.326 e.